The number of rotatable bonds is 5. The summed E-state index contributed by atoms with van der Waals surface area (Å²) in [5.41, 5.74) is 0.410. The molecule has 0 bridgehead atoms. The van der Waals surface area contributed by atoms with E-state index in [0.29, 0.717) is 5.41 Å². The predicted molar refractivity (Wildman–Crippen MR) is 68.8 cm³/mol. The molecule has 1 saturated carbocycles. The van der Waals surface area contributed by atoms with Crippen LogP contribution in [0.3, 0.4) is 0 Å². The van der Waals surface area contributed by atoms with E-state index >= 15 is 0 Å². The third-order valence-electron chi connectivity index (χ3n) is 3.99. The molecule has 0 aromatic carbocycles. The fourth-order valence-electron chi connectivity index (χ4n) is 3.12. The molecule has 1 aromatic heterocycles. The summed E-state index contributed by atoms with van der Waals surface area (Å²) in [6.45, 7) is 4.15. The highest BCUT2D eigenvalue weighted by Gasteiger charge is 2.32. The maximum Gasteiger partial charge on any atom is 0.138 e. The number of hydrogen-bond donors (Lipinski definition) is 1. The van der Waals surface area contributed by atoms with Gasteiger partial charge in [-0.2, -0.15) is 5.10 Å². The summed E-state index contributed by atoms with van der Waals surface area (Å²) in [6.07, 6.45) is 9.53. The van der Waals surface area contributed by atoms with Gasteiger partial charge in [-0.1, -0.05) is 19.3 Å². The molecule has 1 aliphatic carbocycles. The van der Waals surface area contributed by atoms with Crippen molar-refractivity contribution in [2.75, 3.05) is 13.6 Å². The largest absolute Gasteiger partial charge is 0.319 e. The molecule has 0 amide bonds. The Hall–Kier alpha value is -0.900. The van der Waals surface area contributed by atoms with Crippen LogP contribution in [0.5, 0.6) is 0 Å². The topological polar surface area (TPSA) is 42.7 Å². The molecule has 1 aromatic rings. The number of aryl methyl sites for hydroxylation is 1. The van der Waals surface area contributed by atoms with Gasteiger partial charge in [0.15, 0.2) is 0 Å². The van der Waals surface area contributed by atoms with Crippen LogP contribution >= 0.6 is 0 Å². The van der Waals surface area contributed by atoms with E-state index in [1.165, 1.54) is 32.1 Å². The zero-order chi connectivity index (χ0) is 12.1. The highest BCUT2D eigenvalue weighted by Crippen LogP contribution is 2.38. The molecule has 1 aliphatic rings. The summed E-state index contributed by atoms with van der Waals surface area (Å²) in [5, 5.41) is 7.65. The molecule has 17 heavy (non-hydrogen) atoms. The number of hydrogen-bond acceptors (Lipinski definition) is 3. The van der Waals surface area contributed by atoms with Crippen LogP contribution in [0.15, 0.2) is 6.33 Å². The maximum atomic E-state index is 4.43. The van der Waals surface area contributed by atoms with Crippen LogP contribution in [-0.2, 0) is 13.0 Å². The Morgan fingerprint density at radius 3 is 2.76 bits per heavy atom. The third-order valence-corrected chi connectivity index (χ3v) is 3.99. The molecular formula is C13H24N4. The van der Waals surface area contributed by atoms with Crippen molar-refractivity contribution >= 4 is 0 Å². The van der Waals surface area contributed by atoms with Crippen molar-refractivity contribution in [2.24, 2.45) is 5.41 Å². The van der Waals surface area contributed by atoms with Crippen molar-refractivity contribution in [2.45, 2.75) is 52.0 Å². The highest BCUT2D eigenvalue weighted by molar-refractivity contribution is 4.96. The minimum atomic E-state index is 0.410. The first-order valence-electron chi connectivity index (χ1n) is 6.81. The van der Waals surface area contributed by atoms with Crippen LogP contribution < -0.4 is 5.32 Å². The molecule has 4 heteroatoms. The van der Waals surface area contributed by atoms with Gasteiger partial charge in [0, 0.05) is 19.5 Å². The zero-order valence-electron chi connectivity index (χ0n) is 11.1. The molecule has 0 atom stereocenters. The minimum Gasteiger partial charge on any atom is -0.319 e. The van der Waals surface area contributed by atoms with Crippen molar-refractivity contribution in [1.82, 2.24) is 20.1 Å². The lowest BCUT2D eigenvalue weighted by Crippen LogP contribution is -2.37. The minimum absolute atomic E-state index is 0.410. The number of nitrogens with zero attached hydrogens (tertiary/aromatic N) is 3. The first-order valence-corrected chi connectivity index (χ1v) is 6.81. The molecule has 1 fully saturated rings. The lowest BCUT2D eigenvalue weighted by atomic mass is 9.71. The molecule has 0 saturated heterocycles. The summed E-state index contributed by atoms with van der Waals surface area (Å²) in [6, 6.07) is 0. The lowest BCUT2D eigenvalue weighted by molar-refractivity contribution is 0.179. The Bertz CT molecular complexity index is 333. The smallest absolute Gasteiger partial charge is 0.138 e. The Labute approximate surface area is 104 Å². The van der Waals surface area contributed by atoms with Crippen LogP contribution in [-0.4, -0.2) is 28.4 Å². The fourth-order valence-corrected chi connectivity index (χ4v) is 3.12. The maximum absolute atomic E-state index is 4.43. The van der Waals surface area contributed by atoms with Crippen molar-refractivity contribution in [3.63, 3.8) is 0 Å². The van der Waals surface area contributed by atoms with Crippen molar-refractivity contribution < 1.29 is 0 Å². The summed E-state index contributed by atoms with van der Waals surface area (Å²) < 4.78 is 2.03. The molecule has 96 valence electrons. The van der Waals surface area contributed by atoms with Crippen molar-refractivity contribution in [1.29, 1.82) is 0 Å². The monoisotopic (exact) mass is 236 g/mol. The molecule has 1 heterocycles. The Morgan fingerprint density at radius 2 is 2.12 bits per heavy atom. The first-order chi connectivity index (χ1) is 8.29. The second-order valence-electron chi connectivity index (χ2n) is 5.26. The van der Waals surface area contributed by atoms with Gasteiger partial charge in [0.2, 0.25) is 0 Å². The van der Waals surface area contributed by atoms with Crippen LogP contribution in [0, 0.1) is 5.41 Å². The summed E-state index contributed by atoms with van der Waals surface area (Å²) in [7, 11) is 2.06. The number of aromatic nitrogens is 3. The van der Waals surface area contributed by atoms with Gasteiger partial charge in [-0.3, -0.25) is 4.68 Å². The van der Waals surface area contributed by atoms with E-state index in [2.05, 4.69) is 29.4 Å². The van der Waals surface area contributed by atoms with Gasteiger partial charge < -0.3 is 5.32 Å². The third kappa shape index (κ3) is 2.86. The molecule has 4 nitrogen and oxygen atoms in total. The van der Waals surface area contributed by atoms with Crippen molar-refractivity contribution in [3.8, 4) is 0 Å². The second kappa shape index (κ2) is 5.63. The molecule has 1 N–H and O–H groups in total. The Kier molecular flexibility index (Phi) is 4.15. The van der Waals surface area contributed by atoms with E-state index in [1.807, 2.05) is 4.68 Å². The van der Waals surface area contributed by atoms with Crippen LogP contribution in [0.2, 0.25) is 0 Å². The Morgan fingerprint density at radius 1 is 1.35 bits per heavy atom. The number of nitrogens with one attached hydrogen (secondary N) is 1. The second-order valence-corrected chi connectivity index (χ2v) is 5.26. The summed E-state index contributed by atoms with van der Waals surface area (Å²) in [4.78, 5) is 4.43. The van der Waals surface area contributed by atoms with Gasteiger partial charge in [-0.25, -0.2) is 4.98 Å². The van der Waals surface area contributed by atoms with Gasteiger partial charge in [0.05, 0.1) is 0 Å². The van der Waals surface area contributed by atoms with Gasteiger partial charge in [-0.15, -0.1) is 0 Å². The van der Waals surface area contributed by atoms with Crippen LogP contribution in [0.1, 0.15) is 44.9 Å². The highest BCUT2D eigenvalue weighted by atomic mass is 15.3. The van der Waals surface area contributed by atoms with Gasteiger partial charge in [0.1, 0.15) is 12.2 Å². The quantitative estimate of drug-likeness (QED) is 0.850. The normalized spacial score (nSPS) is 19.4. The van der Waals surface area contributed by atoms with E-state index < -0.39 is 0 Å². The average molecular weight is 236 g/mol. The van der Waals surface area contributed by atoms with Crippen molar-refractivity contribution in [3.05, 3.63) is 12.2 Å². The first kappa shape index (κ1) is 12.6. The molecule has 0 spiro atoms. The lowest BCUT2D eigenvalue weighted by Gasteiger charge is -2.37. The van der Waals surface area contributed by atoms with Gasteiger partial charge in [-0.05, 0) is 32.2 Å². The SMILES string of the molecule is CCn1ncnc1CC1(CNC)CCCCC1. The van der Waals surface area contributed by atoms with Crippen LogP contribution in [0.4, 0.5) is 0 Å². The molecule has 0 radical (unpaired) electrons. The zero-order valence-corrected chi connectivity index (χ0v) is 11.1. The fraction of sp³-hybridized carbons (Fsp3) is 0.846. The van der Waals surface area contributed by atoms with Crippen LogP contribution in [0.25, 0.3) is 0 Å². The standard InChI is InChI=1S/C13H24N4/c1-3-17-12(15-11-16-17)9-13(10-14-2)7-5-4-6-8-13/h11,14H,3-10H2,1-2H3. The molecular weight excluding hydrogens is 212 g/mol. The summed E-state index contributed by atoms with van der Waals surface area (Å²) in [5.74, 6) is 1.16. The molecule has 2 rings (SSSR count). The average Bonchev–Trinajstić information content (AvgIpc) is 2.77. The van der Waals surface area contributed by atoms with E-state index in [9.17, 15) is 0 Å². The molecule has 0 aliphatic heterocycles. The molecule has 0 unspecified atom stereocenters. The van der Waals surface area contributed by atoms with Gasteiger partial charge >= 0.3 is 0 Å². The van der Waals surface area contributed by atoms with E-state index in [1.54, 1.807) is 6.33 Å². The van der Waals surface area contributed by atoms with E-state index in [0.717, 1.165) is 25.3 Å². The summed E-state index contributed by atoms with van der Waals surface area (Å²) >= 11 is 0. The van der Waals surface area contributed by atoms with Gasteiger partial charge in [0.25, 0.3) is 0 Å². The van der Waals surface area contributed by atoms with E-state index in [-0.39, 0.29) is 0 Å². The Balaban J connectivity index is 2.11. The van der Waals surface area contributed by atoms with E-state index in [4.69, 9.17) is 0 Å². The predicted octanol–water partition coefficient (Wildman–Crippen LogP) is 2.01.